The van der Waals surface area contributed by atoms with Crippen LogP contribution in [-0.4, -0.2) is 62.7 Å². The first-order valence-electron chi connectivity index (χ1n) is 11.4. The molecule has 2 aromatic carbocycles. The molecule has 2 aromatic rings. The van der Waals surface area contributed by atoms with E-state index in [2.05, 4.69) is 10.0 Å². The highest BCUT2D eigenvalue weighted by Gasteiger charge is 2.52. The molecule has 2 amide bonds. The van der Waals surface area contributed by atoms with E-state index >= 15 is 8.78 Å². The Labute approximate surface area is 211 Å². The number of halogens is 4. The fourth-order valence-electron chi connectivity index (χ4n) is 4.76. The van der Waals surface area contributed by atoms with E-state index < -0.39 is 63.1 Å². The Morgan fingerprint density at radius 3 is 2.24 bits per heavy atom. The Kier molecular flexibility index (Phi) is 7.32. The van der Waals surface area contributed by atoms with E-state index in [4.69, 9.17) is 4.74 Å². The number of aryl methyl sites for hydroxylation is 1. The highest BCUT2D eigenvalue weighted by molar-refractivity contribution is 7.88. The molecule has 2 aliphatic heterocycles. The lowest BCUT2D eigenvalue weighted by Gasteiger charge is -2.49. The second kappa shape index (κ2) is 10.0. The van der Waals surface area contributed by atoms with Crippen molar-refractivity contribution in [2.45, 2.75) is 43.8 Å². The first kappa shape index (κ1) is 27.0. The third-order valence-electron chi connectivity index (χ3n) is 6.39. The van der Waals surface area contributed by atoms with Gasteiger partial charge in [0.25, 0.3) is 11.8 Å². The number of ether oxygens (including phenoxy) is 1. The van der Waals surface area contributed by atoms with E-state index in [1.807, 2.05) is 0 Å². The number of piperidine rings is 1. The fourth-order valence-corrected chi connectivity index (χ4v) is 5.55. The Balaban J connectivity index is 1.57. The molecular formula is C24H25F4N3O5S. The Bertz CT molecular complexity index is 1320. The zero-order valence-corrected chi connectivity index (χ0v) is 20.7. The maximum Gasteiger partial charge on any atom is 0.352 e. The number of carbonyl (C=O) groups is 2. The van der Waals surface area contributed by atoms with Crippen LogP contribution in [0.1, 0.15) is 34.3 Å². The highest BCUT2D eigenvalue weighted by atomic mass is 32.2. The van der Waals surface area contributed by atoms with Crippen molar-refractivity contribution in [1.29, 1.82) is 0 Å². The van der Waals surface area contributed by atoms with Gasteiger partial charge in [0.1, 0.15) is 11.6 Å². The second-order valence-corrected chi connectivity index (χ2v) is 11.1. The van der Waals surface area contributed by atoms with Crippen LogP contribution in [-0.2, 0) is 25.5 Å². The smallest absolute Gasteiger partial charge is 0.352 e. The molecule has 2 bridgehead atoms. The van der Waals surface area contributed by atoms with Crippen molar-refractivity contribution in [2.75, 3.05) is 24.8 Å². The minimum absolute atomic E-state index is 0.0490. The number of hydrogen-bond donors (Lipinski definition) is 2. The first-order chi connectivity index (χ1) is 17.3. The van der Waals surface area contributed by atoms with Gasteiger partial charge in [0.2, 0.25) is 10.0 Å². The zero-order chi connectivity index (χ0) is 27.1. The van der Waals surface area contributed by atoms with E-state index in [9.17, 15) is 26.8 Å². The molecule has 2 aliphatic rings. The fraction of sp³-hybridized carbons (Fsp3) is 0.417. The Morgan fingerprint density at radius 1 is 1.03 bits per heavy atom. The number of sulfonamides is 1. The summed E-state index contributed by atoms with van der Waals surface area (Å²) in [5.74, 6) is -8.70. The van der Waals surface area contributed by atoms with Crippen molar-refractivity contribution in [3.05, 3.63) is 64.7 Å². The summed E-state index contributed by atoms with van der Waals surface area (Å²) in [7, 11) is -3.56. The van der Waals surface area contributed by atoms with Crippen LogP contribution in [0.5, 0.6) is 0 Å². The lowest BCUT2D eigenvalue weighted by Crippen LogP contribution is -2.64. The van der Waals surface area contributed by atoms with Crippen LogP contribution in [0.15, 0.2) is 36.4 Å². The molecule has 2 saturated heterocycles. The molecule has 2 fully saturated rings. The molecule has 0 aliphatic carbocycles. The van der Waals surface area contributed by atoms with Gasteiger partial charge in [0.15, 0.2) is 0 Å². The summed E-state index contributed by atoms with van der Waals surface area (Å²) < 4.78 is 90.1. The largest absolute Gasteiger partial charge is 0.377 e. The monoisotopic (exact) mass is 543 g/mol. The SMILES string of the molecule is Cc1cc(NC(=O)c2ccc(F)c(C(F)(F)C(=O)N3[C@@H]4COC[C@H]3C[C@H](NS(C)(=O)=O)C4)c2)ccc1F. The van der Waals surface area contributed by atoms with Crippen LogP contribution in [0.3, 0.4) is 0 Å². The normalized spacial score (nSPS) is 22.0. The van der Waals surface area contributed by atoms with Crippen molar-refractivity contribution < 1.29 is 40.3 Å². The van der Waals surface area contributed by atoms with E-state index in [1.54, 1.807) is 0 Å². The standard InChI is InChI=1S/C24H25F4N3O5S/c1-13-7-15(4-6-20(13)25)29-22(32)14-3-5-21(26)19(8-14)24(27,28)23(33)31-17-9-16(30-37(2,34)35)10-18(31)12-36-11-17/h3-8,16-18,30H,9-12H2,1-2H3,(H,29,32)/t16-,17+,18-. The number of rotatable bonds is 6. The van der Waals surface area contributed by atoms with Crippen molar-refractivity contribution in [1.82, 2.24) is 9.62 Å². The van der Waals surface area contributed by atoms with Crippen molar-refractivity contribution >= 4 is 27.5 Å². The van der Waals surface area contributed by atoms with Gasteiger partial charge in [0.05, 0.1) is 37.1 Å². The molecule has 0 radical (unpaired) electrons. The molecule has 2 N–H and O–H groups in total. The number of alkyl halides is 2. The average molecular weight is 544 g/mol. The third kappa shape index (κ3) is 5.78. The molecule has 8 nitrogen and oxygen atoms in total. The summed E-state index contributed by atoms with van der Waals surface area (Å²) in [6.45, 7) is 1.32. The molecule has 37 heavy (non-hydrogen) atoms. The Morgan fingerprint density at radius 2 is 1.65 bits per heavy atom. The number of nitrogens with one attached hydrogen (secondary N) is 2. The van der Waals surface area contributed by atoms with Crippen molar-refractivity contribution in [2.24, 2.45) is 0 Å². The topological polar surface area (TPSA) is 105 Å². The van der Waals surface area contributed by atoms with Crippen molar-refractivity contribution in [3.63, 3.8) is 0 Å². The summed E-state index contributed by atoms with van der Waals surface area (Å²) in [5.41, 5.74) is -1.14. The molecule has 200 valence electrons. The highest BCUT2D eigenvalue weighted by Crippen LogP contribution is 2.38. The Hall–Kier alpha value is -3.03. The van der Waals surface area contributed by atoms with Crippen LogP contribution in [0.2, 0.25) is 0 Å². The summed E-state index contributed by atoms with van der Waals surface area (Å²) in [4.78, 5) is 26.7. The van der Waals surface area contributed by atoms with Gasteiger partial charge in [-0.2, -0.15) is 8.78 Å². The minimum atomic E-state index is -4.32. The van der Waals surface area contributed by atoms with Gasteiger partial charge in [0, 0.05) is 17.3 Å². The van der Waals surface area contributed by atoms with E-state index in [-0.39, 0.29) is 42.9 Å². The van der Waals surface area contributed by atoms with Crippen LogP contribution < -0.4 is 10.0 Å². The molecule has 3 atom stereocenters. The quantitative estimate of drug-likeness (QED) is 0.546. The number of amides is 2. The summed E-state index contributed by atoms with van der Waals surface area (Å²) >= 11 is 0. The molecule has 13 heteroatoms. The number of fused-ring (bicyclic) bond motifs is 2. The number of morpholine rings is 1. The lowest BCUT2D eigenvalue weighted by atomic mass is 9.89. The third-order valence-corrected chi connectivity index (χ3v) is 7.15. The average Bonchev–Trinajstić information content (AvgIpc) is 2.79. The van der Waals surface area contributed by atoms with Crippen LogP contribution in [0.25, 0.3) is 0 Å². The predicted octanol–water partition coefficient (Wildman–Crippen LogP) is 2.92. The van der Waals surface area contributed by atoms with Crippen LogP contribution >= 0.6 is 0 Å². The van der Waals surface area contributed by atoms with Gasteiger partial charge in [-0.05, 0) is 61.7 Å². The maximum absolute atomic E-state index is 15.5. The van der Waals surface area contributed by atoms with Crippen LogP contribution in [0, 0.1) is 18.6 Å². The minimum Gasteiger partial charge on any atom is -0.377 e. The molecule has 0 unspecified atom stereocenters. The van der Waals surface area contributed by atoms with Crippen LogP contribution in [0.4, 0.5) is 23.2 Å². The second-order valence-electron chi connectivity index (χ2n) is 9.30. The van der Waals surface area contributed by atoms with Gasteiger partial charge in [-0.1, -0.05) is 0 Å². The van der Waals surface area contributed by atoms with Gasteiger partial charge >= 0.3 is 5.92 Å². The van der Waals surface area contributed by atoms with E-state index in [0.717, 1.165) is 23.3 Å². The number of nitrogens with zero attached hydrogens (tertiary/aromatic N) is 1. The summed E-state index contributed by atoms with van der Waals surface area (Å²) in [6.07, 6.45) is 1.08. The van der Waals surface area contributed by atoms with Gasteiger partial charge in [-0.3, -0.25) is 9.59 Å². The predicted molar refractivity (Wildman–Crippen MR) is 126 cm³/mol. The van der Waals surface area contributed by atoms with Gasteiger partial charge in [-0.25, -0.2) is 21.9 Å². The van der Waals surface area contributed by atoms with E-state index in [1.165, 1.54) is 19.1 Å². The van der Waals surface area contributed by atoms with Crippen molar-refractivity contribution in [3.8, 4) is 0 Å². The maximum atomic E-state index is 15.5. The summed E-state index contributed by atoms with van der Waals surface area (Å²) in [5, 5.41) is 2.43. The summed E-state index contributed by atoms with van der Waals surface area (Å²) in [6, 6.07) is 3.79. The lowest BCUT2D eigenvalue weighted by molar-refractivity contribution is -0.178. The molecule has 0 spiro atoms. The molecule has 2 heterocycles. The molecule has 4 rings (SSSR count). The van der Waals surface area contributed by atoms with Gasteiger partial charge < -0.3 is 15.0 Å². The number of carbonyl (C=O) groups excluding carboxylic acids is 2. The molecular weight excluding hydrogens is 518 g/mol. The number of benzene rings is 2. The van der Waals surface area contributed by atoms with E-state index in [0.29, 0.717) is 12.1 Å². The number of hydrogen-bond acceptors (Lipinski definition) is 5. The molecule has 0 saturated carbocycles. The number of anilines is 1. The van der Waals surface area contributed by atoms with Gasteiger partial charge in [-0.15, -0.1) is 0 Å². The first-order valence-corrected chi connectivity index (χ1v) is 13.3. The zero-order valence-electron chi connectivity index (χ0n) is 19.9. The molecule has 0 aromatic heterocycles.